The molecule has 5 nitrogen and oxygen atoms in total. The fraction of sp³-hybridized carbons (Fsp3) is 0.105. The summed E-state index contributed by atoms with van der Waals surface area (Å²) in [6.07, 6.45) is 0. The summed E-state index contributed by atoms with van der Waals surface area (Å²) in [5.74, 6) is 0. The lowest BCUT2D eigenvalue weighted by atomic mass is 10.1. The first-order valence-corrected chi connectivity index (χ1v) is 7.78. The summed E-state index contributed by atoms with van der Waals surface area (Å²) in [4.78, 5) is 15.3. The second-order valence-corrected chi connectivity index (χ2v) is 5.66. The molecule has 0 aliphatic carbocycles. The Kier molecular flexibility index (Phi) is 3.46. The molecule has 1 aromatic heterocycles. The Bertz CT molecular complexity index is 942. The first-order valence-electron chi connectivity index (χ1n) is 7.78. The molecule has 4 rings (SSSR count). The van der Waals surface area contributed by atoms with Crippen molar-refractivity contribution in [1.82, 2.24) is 4.57 Å². The smallest absolute Gasteiger partial charge is 0.270 e. The molecule has 0 saturated carbocycles. The third-order valence-corrected chi connectivity index (χ3v) is 4.22. The van der Waals surface area contributed by atoms with E-state index in [0.717, 1.165) is 34.8 Å². The fourth-order valence-corrected chi connectivity index (χ4v) is 3.12. The van der Waals surface area contributed by atoms with Crippen LogP contribution in [0.3, 0.4) is 0 Å². The monoisotopic (exact) mass is 317 g/mol. The van der Waals surface area contributed by atoms with Crippen LogP contribution in [0.4, 0.5) is 5.69 Å². The molecule has 0 N–H and O–H groups in total. The molecule has 24 heavy (non-hydrogen) atoms. The van der Waals surface area contributed by atoms with E-state index in [1.807, 2.05) is 36.4 Å². The summed E-state index contributed by atoms with van der Waals surface area (Å²) in [5.41, 5.74) is 5.05. The van der Waals surface area contributed by atoms with Crippen molar-refractivity contribution >= 4 is 11.4 Å². The fourth-order valence-electron chi connectivity index (χ4n) is 3.12. The Morgan fingerprint density at radius 2 is 1.67 bits per heavy atom. The Balaban J connectivity index is 1.80. The van der Waals surface area contributed by atoms with E-state index >= 15 is 0 Å². The molecule has 118 valence electrons. The number of non-ortho nitro benzene ring substituents is 1. The van der Waals surface area contributed by atoms with Crippen molar-refractivity contribution in [2.24, 2.45) is 4.99 Å². The van der Waals surface area contributed by atoms with Gasteiger partial charge in [0, 0.05) is 35.5 Å². The molecule has 1 aliphatic heterocycles. The van der Waals surface area contributed by atoms with E-state index in [1.54, 1.807) is 12.1 Å². The van der Waals surface area contributed by atoms with Gasteiger partial charge in [0.15, 0.2) is 0 Å². The highest BCUT2D eigenvalue weighted by Crippen LogP contribution is 2.28. The number of hydrogen-bond donors (Lipinski definition) is 0. The van der Waals surface area contributed by atoms with E-state index in [1.165, 1.54) is 6.07 Å². The number of nitro groups is 1. The predicted octanol–water partition coefficient (Wildman–Crippen LogP) is 3.91. The van der Waals surface area contributed by atoms with Gasteiger partial charge in [0.2, 0.25) is 0 Å². The number of fused-ring (bicyclic) bond motifs is 1. The summed E-state index contributed by atoms with van der Waals surface area (Å²) in [7, 11) is 0. The van der Waals surface area contributed by atoms with E-state index in [-0.39, 0.29) is 10.6 Å². The number of hydrogen-bond acceptors (Lipinski definition) is 3. The molecule has 0 bridgehead atoms. The quantitative estimate of drug-likeness (QED) is 0.543. The molecular weight excluding hydrogens is 302 g/mol. The van der Waals surface area contributed by atoms with Gasteiger partial charge < -0.3 is 4.57 Å². The van der Waals surface area contributed by atoms with E-state index in [9.17, 15) is 10.1 Å². The molecule has 3 aromatic rings. The van der Waals surface area contributed by atoms with Crippen LogP contribution in [0, 0.1) is 10.1 Å². The lowest BCUT2D eigenvalue weighted by molar-refractivity contribution is -0.384. The van der Waals surface area contributed by atoms with E-state index in [4.69, 9.17) is 0 Å². The van der Waals surface area contributed by atoms with Crippen molar-refractivity contribution in [3.8, 4) is 11.3 Å². The third kappa shape index (κ3) is 2.40. The molecule has 0 amide bonds. The zero-order chi connectivity index (χ0) is 16.5. The minimum Gasteiger partial charge on any atom is -0.337 e. The Labute approximate surface area is 139 Å². The van der Waals surface area contributed by atoms with Crippen molar-refractivity contribution in [2.45, 2.75) is 6.54 Å². The third-order valence-electron chi connectivity index (χ3n) is 4.22. The molecule has 5 heteroatoms. The second kappa shape index (κ2) is 5.77. The van der Waals surface area contributed by atoms with Crippen LogP contribution in [-0.4, -0.2) is 21.7 Å². The minimum absolute atomic E-state index is 0.107. The average Bonchev–Trinajstić information content (AvgIpc) is 3.06. The molecule has 0 spiro atoms. The van der Waals surface area contributed by atoms with Crippen molar-refractivity contribution < 1.29 is 4.92 Å². The maximum Gasteiger partial charge on any atom is 0.270 e. The van der Waals surface area contributed by atoms with Crippen LogP contribution in [0.15, 0.2) is 71.7 Å². The van der Waals surface area contributed by atoms with Gasteiger partial charge in [0.1, 0.15) is 0 Å². The maximum atomic E-state index is 11.0. The molecule has 0 saturated heterocycles. The Morgan fingerprint density at radius 3 is 2.46 bits per heavy atom. The summed E-state index contributed by atoms with van der Waals surface area (Å²) in [6, 6.07) is 20.9. The van der Waals surface area contributed by atoms with Crippen LogP contribution >= 0.6 is 0 Å². The van der Waals surface area contributed by atoms with E-state index in [0.29, 0.717) is 6.54 Å². The highest BCUT2D eigenvalue weighted by molar-refractivity contribution is 6.12. The molecule has 0 fully saturated rings. The maximum absolute atomic E-state index is 11.0. The van der Waals surface area contributed by atoms with Gasteiger partial charge in [-0.05, 0) is 12.1 Å². The van der Waals surface area contributed by atoms with Gasteiger partial charge in [0.25, 0.3) is 5.69 Å². The number of nitro benzene ring substituents is 1. The largest absolute Gasteiger partial charge is 0.337 e. The van der Waals surface area contributed by atoms with Crippen LogP contribution in [0.25, 0.3) is 11.3 Å². The van der Waals surface area contributed by atoms with Crippen LogP contribution in [0.2, 0.25) is 0 Å². The van der Waals surface area contributed by atoms with Gasteiger partial charge in [-0.2, -0.15) is 0 Å². The number of rotatable bonds is 3. The van der Waals surface area contributed by atoms with Crippen LogP contribution in [0.1, 0.15) is 11.3 Å². The lowest BCUT2D eigenvalue weighted by Crippen LogP contribution is -2.19. The number of aliphatic imine (C=N–C) groups is 1. The number of nitrogens with zero attached hydrogens (tertiary/aromatic N) is 3. The summed E-state index contributed by atoms with van der Waals surface area (Å²) < 4.78 is 2.19. The SMILES string of the molecule is O=[N+]([O-])c1cccc(-c2ccc3n2CCN=C3c2ccccc2)c1. The topological polar surface area (TPSA) is 60.4 Å². The average molecular weight is 317 g/mol. The van der Waals surface area contributed by atoms with Gasteiger partial charge in [-0.1, -0.05) is 42.5 Å². The summed E-state index contributed by atoms with van der Waals surface area (Å²) in [5, 5.41) is 11.0. The lowest BCUT2D eigenvalue weighted by Gasteiger charge is -2.19. The normalized spacial score (nSPS) is 13.2. The van der Waals surface area contributed by atoms with E-state index in [2.05, 4.69) is 21.7 Å². The van der Waals surface area contributed by atoms with Gasteiger partial charge in [-0.3, -0.25) is 15.1 Å². The van der Waals surface area contributed by atoms with Gasteiger partial charge in [-0.15, -0.1) is 0 Å². The predicted molar refractivity (Wildman–Crippen MR) is 93.5 cm³/mol. The molecule has 2 aromatic carbocycles. The Morgan fingerprint density at radius 1 is 0.917 bits per heavy atom. The molecule has 2 heterocycles. The van der Waals surface area contributed by atoms with Crippen molar-refractivity contribution in [3.05, 3.63) is 88.1 Å². The standard InChI is InChI=1S/C19H15N3O2/c23-22(24)16-8-4-7-15(13-16)17-9-10-18-19(20-11-12-21(17)18)14-5-2-1-3-6-14/h1-10,13H,11-12H2. The highest BCUT2D eigenvalue weighted by Gasteiger charge is 2.19. The highest BCUT2D eigenvalue weighted by atomic mass is 16.6. The van der Waals surface area contributed by atoms with E-state index < -0.39 is 0 Å². The molecular formula is C19H15N3O2. The van der Waals surface area contributed by atoms with Gasteiger partial charge >= 0.3 is 0 Å². The van der Waals surface area contributed by atoms with Gasteiger partial charge in [0.05, 0.1) is 22.9 Å². The summed E-state index contributed by atoms with van der Waals surface area (Å²) >= 11 is 0. The molecule has 1 aliphatic rings. The first-order chi connectivity index (χ1) is 11.7. The van der Waals surface area contributed by atoms with Crippen LogP contribution < -0.4 is 0 Å². The van der Waals surface area contributed by atoms with Crippen LogP contribution in [-0.2, 0) is 6.54 Å². The zero-order valence-corrected chi connectivity index (χ0v) is 12.9. The molecule has 0 radical (unpaired) electrons. The zero-order valence-electron chi connectivity index (χ0n) is 12.9. The molecule has 0 unspecified atom stereocenters. The minimum atomic E-state index is -0.361. The van der Waals surface area contributed by atoms with Crippen molar-refractivity contribution in [2.75, 3.05) is 6.54 Å². The summed E-state index contributed by atoms with van der Waals surface area (Å²) in [6.45, 7) is 1.48. The number of benzene rings is 2. The van der Waals surface area contributed by atoms with Gasteiger partial charge in [-0.25, -0.2) is 0 Å². The second-order valence-electron chi connectivity index (χ2n) is 5.66. The van der Waals surface area contributed by atoms with Crippen molar-refractivity contribution in [1.29, 1.82) is 0 Å². The molecule has 0 atom stereocenters. The first kappa shape index (κ1) is 14.4. The number of aromatic nitrogens is 1. The van der Waals surface area contributed by atoms with Crippen LogP contribution in [0.5, 0.6) is 0 Å². The Hall–Kier alpha value is -3.21. The van der Waals surface area contributed by atoms with Crippen molar-refractivity contribution in [3.63, 3.8) is 0 Å².